The number of rotatable bonds is 5. The normalized spacial score (nSPS) is 13.9. The van der Waals surface area contributed by atoms with Crippen LogP contribution >= 0.6 is 0 Å². The van der Waals surface area contributed by atoms with Gasteiger partial charge in [0, 0.05) is 25.6 Å². The molecule has 1 aromatic carbocycles. The van der Waals surface area contributed by atoms with E-state index in [4.69, 9.17) is 0 Å². The highest BCUT2D eigenvalue weighted by molar-refractivity contribution is 5.98. The summed E-state index contributed by atoms with van der Waals surface area (Å²) in [5.74, 6) is -5.23. The van der Waals surface area contributed by atoms with Gasteiger partial charge in [0.25, 0.3) is 0 Å². The van der Waals surface area contributed by atoms with Crippen molar-refractivity contribution in [2.24, 2.45) is 0 Å². The molecule has 1 amide bonds. The number of alkyl halides is 3. The van der Waals surface area contributed by atoms with Gasteiger partial charge in [0.05, 0.1) is 13.0 Å². The monoisotopic (exact) mass is 422 g/mol. The van der Waals surface area contributed by atoms with E-state index >= 15 is 0 Å². The smallest absolute Gasteiger partial charge is 0.371 e. The second kappa shape index (κ2) is 7.72. The van der Waals surface area contributed by atoms with Crippen LogP contribution in [0.5, 0.6) is 6.01 Å². The van der Waals surface area contributed by atoms with Gasteiger partial charge in [0.2, 0.25) is 5.91 Å². The van der Waals surface area contributed by atoms with Crippen molar-refractivity contribution in [2.45, 2.75) is 32.3 Å². The van der Waals surface area contributed by atoms with Crippen LogP contribution in [-0.4, -0.2) is 44.3 Å². The molecule has 156 valence electrons. The summed E-state index contributed by atoms with van der Waals surface area (Å²) in [7, 11) is 0. The number of amides is 1. The number of carbonyl (C=O) groups excluding carboxylic acids is 2. The maximum absolute atomic E-state index is 13.6. The van der Waals surface area contributed by atoms with Crippen molar-refractivity contribution in [3.8, 4) is 6.01 Å². The lowest BCUT2D eigenvalue weighted by atomic mass is 10.1. The van der Waals surface area contributed by atoms with E-state index in [-0.39, 0.29) is 25.5 Å². The van der Waals surface area contributed by atoms with Crippen LogP contribution in [0, 0.1) is 17.5 Å². The quantitative estimate of drug-likeness (QED) is 0.419. The highest BCUT2D eigenvalue weighted by Gasteiger charge is 2.35. The summed E-state index contributed by atoms with van der Waals surface area (Å²) in [5, 5.41) is 6.81. The van der Waals surface area contributed by atoms with Crippen molar-refractivity contribution in [3.05, 3.63) is 41.0 Å². The van der Waals surface area contributed by atoms with E-state index in [9.17, 15) is 35.9 Å². The fraction of sp³-hybridized carbons (Fsp3) is 0.375. The first-order valence-corrected chi connectivity index (χ1v) is 8.14. The molecule has 0 saturated carbocycles. The maximum atomic E-state index is 13.6. The lowest BCUT2D eigenvalue weighted by Gasteiger charge is -2.27. The van der Waals surface area contributed by atoms with Gasteiger partial charge in [-0.25, -0.2) is 13.2 Å². The van der Waals surface area contributed by atoms with Crippen molar-refractivity contribution in [2.75, 3.05) is 6.54 Å². The zero-order chi connectivity index (χ0) is 21.3. The first kappa shape index (κ1) is 20.6. The van der Waals surface area contributed by atoms with Gasteiger partial charge in [-0.15, -0.1) is 18.3 Å². The molecule has 1 aliphatic heterocycles. The summed E-state index contributed by atoms with van der Waals surface area (Å²) in [6, 6.07) is 0.0839. The number of aromatic nitrogens is 3. The van der Waals surface area contributed by atoms with E-state index < -0.39 is 59.9 Å². The minimum atomic E-state index is -4.95. The second-order valence-electron chi connectivity index (χ2n) is 6.16. The van der Waals surface area contributed by atoms with Gasteiger partial charge in [0.1, 0.15) is 11.6 Å². The molecule has 0 bridgehead atoms. The Bertz CT molecular complexity index is 959. The van der Waals surface area contributed by atoms with Crippen LogP contribution in [-0.2, 0) is 29.1 Å². The van der Waals surface area contributed by atoms with Crippen LogP contribution in [0.15, 0.2) is 12.1 Å². The van der Waals surface area contributed by atoms with Crippen LogP contribution in [0.2, 0.25) is 0 Å². The number of benzene rings is 1. The largest absolute Gasteiger partial charge is 0.575 e. The number of nitrogens with zero attached hydrogens (tertiary/aromatic N) is 4. The van der Waals surface area contributed by atoms with Gasteiger partial charge in [-0.3, -0.25) is 14.2 Å². The standard InChI is InChI=1S/C16H12F6N4O3/c17-10-6-12(19)11(18)4-8(10)3-9(27)5-14(28)25-1-2-26-13(7-25)23-24-15(26)29-16(20,21)22/h4,6H,1-3,5,7H2. The fourth-order valence-electron chi connectivity index (χ4n) is 2.78. The van der Waals surface area contributed by atoms with Gasteiger partial charge in [-0.2, -0.15) is 0 Å². The Balaban J connectivity index is 1.61. The molecule has 1 aliphatic rings. The van der Waals surface area contributed by atoms with Gasteiger partial charge in [-0.1, -0.05) is 5.10 Å². The summed E-state index contributed by atoms with van der Waals surface area (Å²) in [6.45, 7) is -0.337. The van der Waals surface area contributed by atoms with E-state index in [1.807, 2.05) is 0 Å². The Morgan fingerprint density at radius 1 is 1.03 bits per heavy atom. The van der Waals surface area contributed by atoms with Crippen molar-refractivity contribution < 1.29 is 40.7 Å². The number of ketones is 1. The van der Waals surface area contributed by atoms with Crippen molar-refractivity contribution in [1.82, 2.24) is 19.7 Å². The van der Waals surface area contributed by atoms with Gasteiger partial charge >= 0.3 is 12.4 Å². The predicted octanol–water partition coefficient (Wildman–Crippen LogP) is 2.14. The molecule has 1 aromatic heterocycles. The number of hydrogen-bond acceptors (Lipinski definition) is 5. The van der Waals surface area contributed by atoms with Crippen LogP contribution in [0.4, 0.5) is 26.3 Å². The van der Waals surface area contributed by atoms with Crippen molar-refractivity contribution in [3.63, 3.8) is 0 Å². The Labute approximate surface area is 158 Å². The molecule has 0 radical (unpaired) electrons. The zero-order valence-corrected chi connectivity index (χ0v) is 14.5. The minimum absolute atomic E-state index is 0.0305. The SMILES string of the molecule is O=C(CC(=O)N1CCn2c(nnc2OC(F)(F)F)C1)Cc1cc(F)c(F)cc1F. The highest BCUT2D eigenvalue weighted by Crippen LogP contribution is 2.24. The molecule has 0 spiro atoms. The maximum Gasteiger partial charge on any atom is 0.575 e. The molecule has 0 atom stereocenters. The molecule has 0 aliphatic carbocycles. The van der Waals surface area contributed by atoms with Crippen LogP contribution in [0.3, 0.4) is 0 Å². The molecule has 2 aromatic rings. The topological polar surface area (TPSA) is 77.3 Å². The Hall–Kier alpha value is -3.12. The molecule has 0 fully saturated rings. The van der Waals surface area contributed by atoms with Crippen LogP contribution < -0.4 is 4.74 Å². The third-order valence-corrected chi connectivity index (χ3v) is 4.10. The second-order valence-corrected chi connectivity index (χ2v) is 6.16. The highest BCUT2D eigenvalue weighted by atomic mass is 19.4. The number of carbonyl (C=O) groups is 2. The number of fused-ring (bicyclic) bond motifs is 1. The predicted molar refractivity (Wildman–Crippen MR) is 81.8 cm³/mol. The summed E-state index contributed by atoms with van der Waals surface area (Å²) in [5.41, 5.74) is -0.394. The molecule has 3 rings (SSSR count). The molecule has 13 heteroatoms. The van der Waals surface area contributed by atoms with Gasteiger partial charge in [-0.05, 0) is 11.6 Å². The number of Topliss-reactive ketones (excluding diaryl/α,β-unsaturated/α-hetero) is 1. The van der Waals surface area contributed by atoms with E-state index in [1.54, 1.807) is 0 Å². The third-order valence-electron chi connectivity index (χ3n) is 4.10. The molecular weight excluding hydrogens is 410 g/mol. The first-order valence-electron chi connectivity index (χ1n) is 8.14. The average molecular weight is 422 g/mol. The fourth-order valence-corrected chi connectivity index (χ4v) is 2.78. The number of halogens is 6. The van der Waals surface area contributed by atoms with Crippen molar-refractivity contribution in [1.29, 1.82) is 0 Å². The number of ether oxygens (including phenoxy) is 1. The Morgan fingerprint density at radius 2 is 1.72 bits per heavy atom. The summed E-state index contributed by atoms with van der Waals surface area (Å²) < 4.78 is 81.4. The van der Waals surface area contributed by atoms with Gasteiger partial charge in [0.15, 0.2) is 17.5 Å². The lowest BCUT2D eigenvalue weighted by molar-refractivity contribution is -0.278. The van der Waals surface area contributed by atoms with E-state index in [0.29, 0.717) is 12.1 Å². The summed E-state index contributed by atoms with van der Waals surface area (Å²) in [4.78, 5) is 25.4. The van der Waals surface area contributed by atoms with E-state index in [2.05, 4.69) is 14.9 Å². The molecule has 0 N–H and O–H groups in total. The lowest BCUT2D eigenvalue weighted by Crippen LogP contribution is -2.39. The molecule has 29 heavy (non-hydrogen) atoms. The molecule has 0 unspecified atom stereocenters. The third kappa shape index (κ3) is 4.84. The van der Waals surface area contributed by atoms with Gasteiger partial charge < -0.3 is 9.64 Å². The zero-order valence-electron chi connectivity index (χ0n) is 14.5. The Morgan fingerprint density at radius 3 is 2.41 bits per heavy atom. The van der Waals surface area contributed by atoms with E-state index in [0.717, 1.165) is 4.57 Å². The molecule has 0 saturated heterocycles. The molecule has 7 nitrogen and oxygen atoms in total. The summed E-state index contributed by atoms with van der Waals surface area (Å²) in [6.07, 6.45) is -6.22. The van der Waals surface area contributed by atoms with Crippen molar-refractivity contribution >= 4 is 11.7 Å². The molecule has 2 heterocycles. The van der Waals surface area contributed by atoms with Crippen LogP contribution in [0.25, 0.3) is 0 Å². The van der Waals surface area contributed by atoms with Crippen LogP contribution in [0.1, 0.15) is 17.8 Å². The minimum Gasteiger partial charge on any atom is -0.371 e. The molecular formula is C16H12F6N4O3. The first-order chi connectivity index (χ1) is 13.5. The Kier molecular flexibility index (Phi) is 5.48. The van der Waals surface area contributed by atoms with E-state index in [1.165, 1.54) is 4.90 Å². The number of hydrogen-bond donors (Lipinski definition) is 0. The summed E-state index contributed by atoms with van der Waals surface area (Å²) >= 11 is 0. The average Bonchev–Trinajstić information content (AvgIpc) is 3.00.